The first-order valence-electron chi connectivity index (χ1n) is 7.71. The third kappa shape index (κ3) is 2.54. The van der Waals surface area contributed by atoms with Crippen LogP contribution < -0.4 is 5.32 Å². The molecule has 0 saturated heterocycles. The number of anilines is 1. The van der Waals surface area contributed by atoms with Gasteiger partial charge in [-0.25, -0.2) is 9.37 Å². The lowest BCUT2D eigenvalue weighted by molar-refractivity contribution is -0.121. The average molecular weight is 316 g/mol. The molecule has 3 atom stereocenters. The number of aromatic nitrogens is 1. The van der Waals surface area contributed by atoms with Crippen LogP contribution in [0.1, 0.15) is 25.7 Å². The fourth-order valence-corrected chi connectivity index (χ4v) is 4.57. The fourth-order valence-electron chi connectivity index (χ4n) is 3.85. The molecule has 1 heterocycles. The van der Waals surface area contributed by atoms with Crippen molar-refractivity contribution in [1.29, 1.82) is 0 Å². The second-order valence-electron chi connectivity index (χ2n) is 6.32. The Morgan fingerprint density at radius 1 is 1.23 bits per heavy atom. The van der Waals surface area contributed by atoms with Gasteiger partial charge in [0.25, 0.3) is 0 Å². The van der Waals surface area contributed by atoms with Crippen molar-refractivity contribution in [3.8, 4) is 11.3 Å². The van der Waals surface area contributed by atoms with Crippen LogP contribution >= 0.6 is 11.3 Å². The van der Waals surface area contributed by atoms with E-state index in [4.69, 9.17) is 0 Å². The Morgan fingerprint density at radius 3 is 2.73 bits per heavy atom. The van der Waals surface area contributed by atoms with Crippen molar-refractivity contribution in [2.75, 3.05) is 5.32 Å². The number of carbonyl (C=O) groups excluding carboxylic acids is 1. The van der Waals surface area contributed by atoms with E-state index >= 15 is 0 Å². The van der Waals surface area contributed by atoms with Crippen molar-refractivity contribution in [3.63, 3.8) is 0 Å². The van der Waals surface area contributed by atoms with E-state index in [1.165, 1.54) is 42.7 Å². The predicted octanol–water partition coefficient (Wildman–Crippen LogP) is 4.32. The summed E-state index contributed by atoms with van der Waals surface area (Å²) >= 11 is 1.42. The minimum absolute atomic E-state index is 0.118. The van der Waals surface area contributed by atoms with Crippen LogP contribution in [0.15, 0.2) is 29.6 Å². The Hall–Kier alpha value is -1.75. The van der Waals surface area contributed by atoms with Gasteiger partial charge in [-0.2, -0.15) is 0 Å². The molecule has 1 amide bonds. The first-order valence-corrected chi connectivity index (χ1v) is 8.59. The average Bonchev–Trinajstić information content (AvgIpc) is 3.24. The number of nitrogens with one attached hydrogen (secondary N) is 1. The van der Waals surface area contributed by atoms with Crippen LogP contribution in [0.4, 0.5) is 9.52 Å². The van der Waals surface area contributed by atoms with E-state index < -0.39 is 0 Å². The number of halogens is 1. The number of carbonyl (C=O) groups is 1. The number of hydrogen-bond acceptors (Lipinski definition) is 3. The highest BCUT2D eigenvalue weighted by atomic mass is 32.1. The maximum Gasteiger partial charge on any atom is 0.229 e. The second kappa shape index (κ2) is 5.47. The number of thiazole rings is 1. The summed E-state index contributed by atoms with van der Waals surface area (Å²) in [7, 11) is 0. The first-order chi connectivity index (χ1) is 10.7. The summed E-state index contributed by atoms with van der Waals surface area (Å²) < 4.78 is 13.0. The van der Waals surface area contributed by atoms with Gasteiger partial charge >= 0.3 is 0 Å². The lowest BCUT2D eigenvalue weighted by atomic mass is 9.88. The smallest absolute Gasteiger partial charge is 0.229 e. The summed E-state index contributed by atoms with van der Waals surface area (Å²) in [6.07, 6.45) is 4.74. The lowest BCUT2D eigenvalue weighted by Gasteiger charge is -2.19. The van der Waals surface area contributed by atoms with Crippen molar-refractivity contribution in [1.82, 2.24) is 4.98 Å². The van der Waals surface area contributed by atoms with Crippen LogP contribution in [-0.2, 0) is 4.79 Å². The standard InChI is InChI=1S/C17H17FN2OS/c18-13-5-3-11(4-6-13)15-9-22-17(19-15)20-16(21)14-8-10-1-2-12(14)7-10/h3-6,9-10,12,14H,1-2,7-8H2,(H,19,20,21). The predicted molar refractivity (Wildman–Crippen MR) is 85.1 cm³/mol. The fraction of sp³-hybridized carbons (Fsp3) is 0.412. The molecule has 0 spiro atoms. The molecule has 5 heteroatoms. The van der Waals surface area contributed by atoms with Gasteiger partial charge in [0, 0.05) is 16.9 Å². The van der Waals surface area contributed by atoms with Crippen LogP contribution in [-0.4, -0.2) is 10.9 Å². The quantitative estimate of drug-likeness (QED) is 0.916. The third-order valence-electron chi connectivity index (χ3n) is 4.95. The van der Waals surface area contributed by atoms with Gasteiger partial charge in [-0.3, -0.25) is 4.79 Å². The Bertz CT molecular complexity index is 697. The van der Waals surface area contributed by atoms with Gasteiger partial charge in [0.1, 0.15) is 5.82 Å². The van der Waals surface area contributed by atoms with E-state index in [1.807, 2.05) is 5.38 Å². The van der Waals surface area contributed by atoms with Gasteiger partial charge in [0.05, 0.1) is 5.69 Å². The molecule has 2 fully saturated rings. The topological polar surface area (TPSA) is 42.0 Å². The van der Waals surface area contributed by atoms with Gasteiger partial charge in [0.15, 0.2) is 5.13 Å². The maximum absolute atomic E-state index is 13.0. The molecule has 0 radical (unpaired) electrons. The van der Waals surface area contributed by atoms with Crippen molar-refractivity contribution in [2.24, 2.45) is 17.8 Å². The SMILES string of the molecule is O=C(Nc1nc(-c2ccc(F)cc2)cs1)C1CC2CCC1C2. The highest BCUT2D eigenvalue weighted by molar-refractivity contribution is 7.14. The van der Waals surface area contributed by atoms with Crippen LogP contribution in [0.25, 0.3) is 11.3 Å². The lowest BCUT2D eigenvalue weighted by Crippen LogP contribution is -2.27. The maximum atomic E-state index is 13.0. The summed E-state index contributed by atoms with van der Waals surface area (Å²) in [6, 6.07) is 6.24. The minimum Gasteiger partial charge on any atom is -0.302 e. The Balaban J connectivity index is 1.45. The number of nitrogens with zero attached hydrogens (tertiary/aromatic N) is 1. The highest BCUT2D eigenvalue weighted by Gasteiger charge is 2.43. The zero-order valence-electron chi connectivity index (χ0n) is 12.1. The largest absolute Gasteiger partial charge is 0.302 e. The van der Waals surface area contributed by atoms with Gasteiger partial charge < -0.3 is 5.32 Å². The van der Waals surface area contributed by atoms with Crippen molar-refractivity contribution >= 4 is 22.4 Å². The molecule has 1 N–H and O–H groups in total. The molecule has 4 rings (SSSR count). The Kier molecular flexibility index (Phi) is 3.45. The number of rotatable bonds is 3. The molecular weight excluding hydrogens is 299 g/mol. The molecule has 2 saturated carbocycles. The number of hydrogen-bond donors (Lipinski definition) is 1. The first kappa shape index (κ1) is 13.9. The molecule has 2 aromatic rings. The molecule has 3 nitrogen and oxygen atoms in total. The molecule has 2 aliphatic rings. The zero-order chi connectivity index (χ0) is 15.1. The van der Waals surface area contributed by atoms with E-state index in [0.717, 1.165) is 23.6 Å². The third-order valence-corrected chi connectivity index (χ3v) is 5.71. The van der Waals surface area contributed by atoms with Crippen molar-refractivity contribution in [3.05, 3.63) is 35.5 Å². The number of amides is 1. The van der Waals surface area contributed by atoms with Gasteiger partial charge in [-0.1, -0.05) is 6.42 Å². The molecule has 2 aliphatic carbocycles. The number of benzene rings is 1. The second-order valence-corrected chi connectivity index (χ2v) is 7.17. The van der Waals surface area contributed by atoms with E-state index in [9.17, 15) is 9.18 Å². The van der Waals surface area contributed by atoms with E-state index in [0.29, 0.717) is 11.0 Å². The number of fused-ring (bicyclic) bond motifs is 2. The van der Waals surface area contributed by atoms with Crippen LogP contribution in [0.2, 0.25) is 0 Å². The molecule has 1 aromatic carbocycles. The highest BCUT2D eigenvalue weighted by Crippen LogP contribution is 2.48. The van der Waals surface area contributed by atoms with Crippen LogP contribution in [0.5, 0.6) is 0 Å². The molecule has 2 bridgehead atoms. The molecule has 22 heavy (non-hydrogen) atoms. The summed E-state index contributed by atoms with van der Waals surface area (Å²) in [5, 5.41) is 5.49. The summed E-state index contributed by atoms with van der Waals surface area (Å²) in [4.78, 5) is 16.8. The minimum atomic E-state index is -0.260. The summed E-state index contributed by atoms with van der Waals surface area (Å²) in [5.41, 5.74) is 1.63. The van der Waals surface area contributed by atoms with E-state index in [-0.39, 0.29) is 17.6 Å². The molecule has 0 aliphatic heterocycles. The molecule has 1 aromatic heterocycles. The normalized spacial score (nSPS) is 26.3. The molecular formula is C17H17FN2OS. The zero-order valence-corrected chi connectivity index (χ0v) is 12.9. The Morgan fingerprint density at radius 2 is 2.05 bits per heavy atom. The van der Waals surface area contributed by atoms with Gasteiger partial charge in [-0.15, -0.1) is 11.3 Å². The van der Waals surface area contributed by atoms with Crippen LogP contribution in [0.3, 0.4) is 0 Å². The Labute approximate surface area is 132 Å². The van der Waals surface area contributed by atoms with E-state index in [1.54, 1.807) is 12.1 Å². The molecule has 114 valence electrons. The summed E-state index contributed by atoms with van der Waals surface area (Å²) in [6.45, 7) is 0. The van der Waals surface area contributed by atoms with Crippen molar-refractivity contribution < 1.29 is 9.18 Å². The van der Waals surface area contributed by atoms with Crippen LogP contribution in [0, 0.1) is 23.6 Å². The van der Waals surface area contributed by atoms with Gasteiger partial charge in [-0.05, 0) is 55.4 Å². The molecule has 3 unspecified atom stereocenters. The monoisotopic (exact) mass is 316 g/mol. The van der Waals surface area contributed by atoms with E-state index in [2.05, 4.69) is 10.3 Å². The van der Waals surface area contributed by atoms with Gasteiger partial charge in [0.2, 0.25) is 5.91 Å². The van der Waals surface area contributed by atoms with Crippen molar-refractivity contribution in [2.45, 2.75) is 25.7 Å². The summed E-state index contributed by atoms with van der Waals surface area (Å²) in [5.74, 6) is 1.35.